The molecule has 2 atom stereocenters. The number of rotatable bonds is 9. The zero-order chi connectivity index (χ0) is 21.1. The van der Waals surface area contributed by atoms with Gasteiger partial charge in [-0.25, -0.2) is 9.59 Å². The highest BCUT2D eigenvalue weighted by molar-refractivity contribution is 5.61. The van der Waals surface area contributed by atoms with Crippen LogP contribution < -0.4 is 0 Å². The molecule has 0 amide bonds. The van der Waals surface area contributed by atoms with Crippen molar-refractivity contribution >= 4 is 12.3 Å². The summed E-state index contributed by atoms with van der Waals surface area (Å²) in [5, 5.41) is 0. The van der Waals surface area contributed by atoms with Crippen LogP contribution >= 0.6 is 0 Å². The Kier molecular flexibility index (Phi) is 10.8. The van der Waals surface area contributed by atoms with E-state index < -0.39 is 29.6 Å². The van der Waals surface area contributed by atoms with Gasteiger partial charge in [0.05, 0.1) is 0 Å². The summed E-state index contributed by atoms with van der Waals surface area (Å²) in [6.07, 6.45) is 5.97. The number of carbonyl (C=O) groups is 2. The molecule has 0 aromatic carbocycles. The van der Waals surface area contributed by atoms with E-state index in [2.05, 4.69) is 6.58 Å². The van der Waals surface area contributed by atoms with E-state index in [1.165, 1.54) is 0 Å². The lowest BCUT2D eigenvalue weighted by molar-refractivity contribution is -0.0232. The van der Waals surface area contributed by atoms with Gasteiger partial charge in [0.15, 0.2) is 0 Å². The Hall–Kier alpha value is -1.98. The first-order valence-electron chi connectivity index (χ1n) is 9.41. The van der Waals surface area contributed by atoms with E-state index in [1.54, 1.807) is 47.6 Å². The van der Waals surface area contributed by atoms with Crippen molar-refractivity contribution in [2.24, 2.45) is 0 Å². The largest absolute Gasteiger partial charge is 0.509 e. The van der Waals surface area contributed by atoms with Crippen LogP contribution in [0.15, 0.2) is 24.8 Å². The Morgan fingerprint density at radius 3 is 1.63 bits per heavy atom. The minimum atomic E-state index is -0.701. The molecule has 0 radical (unpaired) electrons. The van der Waals surface area contributed by atoms with Gasteiger partial charge < -0.3 is 18.9 Å². The number of unbranched alkanes of at least 4 members (excludes halogenated alkanes) is 1. The molecule has 0 aliphatic heterocycles. The van der Waals surface area contributed by atoms with Crippen molar-refractivity contribution in [3.05, 3.63) is 24.8 Å². The predicted octanol–water partition coefficient (Wildman–Crippen LogP) is 5.95. The monoisotopic (exact) mass is 384 g/mol. The lowest BCUT2D eigenvalue weighted by atomic mass is 10.1. The van der Waals surface area contributed by atoms with E-state index in [1.807, 2.05) is 19.1 Å². The molecular formula is C21H36O6. The molecule has 0 aromatic rings. The Morgan fingerprint density at radius 1 is 0.852 bits per heavy atom. The van der Waals surface area contributed by atoms with Gasteiger partial charge in [-0.1, -0.05) is 18.7 Å². The van der Waals surface area contributed by atoms with Crippen molar-refractivity contribution in [3.8, 4) is 0 Å². The number of hydrogen-bond acceptors (Lipinski definition) is 6. The van der Waals surface area contributed by atoms with E-state index in [-0.39, 0.29) is 6.10 Å². The molecule has 2 unspecified atom stereocenters. The molecule has 6 heteroatoms. The summed E-state index contributed by atoms with van der Waals surface area (Å²) in [5.74, 6) is 0. The molecule has 0 aliphatic rings. The Bertz CT molecular complexity index is 496. The van der Waals surface area contributed by atoms with E-state index in [9.17, 15) is 9.59 Å². The second kappa shape index (κ2) is 11.7. The van der Waals surface area contributed by atoms with Crippen LogP contribution in [0.4, 0.5) is 9.59 Å². The Balaban J connectivity index is 4.33. The molecule has 0 aromatic heterocycles. The van der Waals surface area contributed by atoms with Gasteiger partial charge in [-0.3, -0.25) is 0 Å². The van der Waals surface area contributed by atoms with E-state index >= 15 is 0 Å². The highest BCUT2D eigenvalue weighted by Gasteiger charge is 2.21. The van der Waals surface area contributed by atoms with E-state index in [4.69, 9.17) is 18.9 Å². The first-order valence-corrected chi connectivity index (χ1v) is 9.41. The number of hydrogen-bond donors (Lipinski definition) is 0. The van der Waals surface area contributed by atoms with E-state index in [0.717, 1.165) is 12.8 Å². The standard InChI is InChI=1S/C21H36O6/c1-9-13-17(25-19(23)27-21(6,7)8)15-12-11-14-16(10-2)24-18(22)26-20(3,4)5/h9-10,13,16-17H,2,11-12,14-15H2,1,3-8H3/b13-9-. The predicted molar refractivity (Wildman–Crippen MR) is 106 cm³/mol. The molecule has 0 N–H and O–H groups in total. The molecule has 0 saturated heterocycles. The fourth-order valence-electron chi connectivity index (χ4n) is 2.12. The molecule has 0 spiro atoms. The summed E-state index contributed by atoms with van der Waals surface area (Å²) in [4.78, 5) is 23.5. The van der Waals surface area contributed by atoms with Crippen LogP contribution in [0.3, 0.4) is 0 Å². The highest BCUT2D eigenvalue weighted by Crippen LogP contribution is 2.16. The van der Waals surface area contributed by atoms with Crippen LogP contribution in [0.25, 0.3) is 0 Å². The maximum atomic E-state index is 11.8. The van der Waals surface area contributed by atoms with Crippen LogP contribution in [0.5, 0.6) is 0 Å². The average molecular weight is 385 g/mol. The zero-order valence-electron chi connectivity index (χ0n) is 17.9. The average Bonchev–Trinajstić information content (AvgIpc) is 2.46. The summed E-state index contributed by atoms with van der Waals surface area (Å²) >= 11 is 0. The normalized spacial score (nSPS) is 14.3. The van der Waals surface area contributed by atoms with Gasteiger partial charge in [-0.05, 0) is 80.2 Å². The SMILES string of the molecule is C=CC(CCCCC(/C=C\C)OC(=O)OC(C)(C)C)OC(=O)OC(C)(C)C. The first kappa shape index (κ1) is 25.0. The van der Waals surface area contributed by atoms with Crippen molar-refractivity contribution in [1.82, 2.24) is 0 Å². The summed E-state index contributed by atoms with van der Waals surface area (Å²) in [5.41, 5.74) is -1.19. The summed E-state index contributed by atoms with van der Waals surface area (Å²) < 4.78 is 20.9. The Labute approximate surface area is 163 Å². The van der Waals surface area contributed by atoms with Crippen molar-refractivity contribution in [1.29, 1.82) is 0 Å². The van der Waals surface area contributed by atoms with Crippen LogP contribution in [0.1, 0.15) is 74.1 Å². The van der Waals surface area contributed by atoms with Crippen molar-refractivity contribution < 1.29 is 28.5 Å². The third-order valence-corrected chi connectivity index (χ3v) is 3.17. The van der Waals surface area contributed by atoms with Crippen LogP contribution in [-0.4, -0.2) is 35.7 Å². The molecule has 0 rings (SSSR count). The maximum absolute atomic E-state index is 11.8. The molecule has 0 heterocycles. The maximum Gasteiger partial charge on any atom is 0.509 e. The smallest absolute Gasteiger partial charge is 0.429 e. The number of carbonyl (C=O) groups excluding carboxylic acids is 2. The molecular weight excluding hydrogens is 348 g/mol. The second-order valence-corrected chi connectivity index (χ2v) is 8.29. The van der Waals surface area contributed by atoms with Gasteiger partial charge >= 0.3 is 12.3 Å². The second-order valence-electron chi connectivity index (χ2n) is 8.29. The van der Waals surface area contributed by atoms with Crippen molar-refractivity contribution in [2.75, 3.05) is 0 Å². The third kappa shape index (κ3) is 14.8. The number of ether oxygens (including phenoxy) is 4. The fraction of sp³-hybridized carbons (Fsp3) is 0.714. The summed E-state index contributed by atoms with van der Waals surface area (Å²) in [6, 6.07) is 0. The molecule has 0 bridgehead atoms. The van der Waals surface area contributed by atoms with Crippen LogP contribution in [-0.2, 0) is 18.9 Å². The van der Waals surface area contributed by atoms with Crippen LogP contribution in [0.2, 0.25) is 0 Å². The van der Waals surface area contributed by atoms with Crippen LogP contribution in [0, 0.1) is 0 Å². The van der Waals surface area contributed by atoms with Crippen molar-refractivity contribution in [3.63, 3.8) is 0 Å². The molecule has 156 valence electrons. The van der Waals surface area contributed by atoms with Gasteiger partial charge in [-0.15, -0.1) is 0 Å². The molecule has 0 saturated carbocycles. The topological polar surface area (TPSA) is 71.1 Å². The quantitative estimate of drug-likeness (QED) is 0.278. The molecule has 0 aliphatic carbocycles. The minimum Gasteiger partial charge on any atom is -0.429 e. The highest BCUT2D eigenvalue weighted by atomic mass is 16.7. The molecule has 27 heavy (non-hydrogen) atoms. The van der Waals surface area contributed by atoms with Gasteiger partial charge in [0.1, 0.15) is 23.4 Å². The zero-order valence-corrected chi connectivity index (χ0v) is 17.9. The Morgan fingerprint density at radius 2 is 1.26 bits per heavy atom. The molecule has 6 nitrogen and oxygen atoms in total. The molecule has 0 fully saturated rings. The first-order chi connectivity index (χ1) is 12.4. The van der Waals surface area contributed by atoms with Gasteiger partial charge in [-0.2, -0.15) is 0 Å². The van der Waals surface area contributed by atoms with Gasteiger partial charge in [0.2, 0.25) is 0 Å². The lowest BCUT2D eigenvalue weighted by Gasteiger charge is -2.22. The third-order valence-electron chi connectivity index (χ3n) is 3.17. The fourth-order valence-corrected chi connectivity index (χ4v) is 2.12. The number of allylic oxidation sites excluding steroid dienone is 1. The van der Waals surface area contributed by atoms with Gasteiger partial charge in [0.25, 0.3) is 0 Å². The van der Waals surface area contributed by atoms with Gasteiger partial charge in [0, 0.05) is 0 Å². The van der Waals surface area contributed by atoms with E-state index in [0.29, 0.717) is 12.8 Å². The van der Waals surface area contributed by atoms with Crippen molar-refractivity contribution in [2.45, 2.75) is 97.6 Å². The summed E-state index contributed by atoms with van der Waals surface area (Å²) in [6.45, 7) is 16.3. The summed E-state index contributed by atoms with van der Waals surface area (Å²) in [7, 11) is 0. The minimum absolute atomic E-state index is 0.348. The lowest BCUT2D eigenvalue weighted by Crippen LogP contribution is -2.27.